The first-order chi connectivity index (χ1) is 5.81. The van der Waals surface area contributed by atoms with Crippen LogP contribution in [0.3, 0.4) is 0 Å². The van der Waals surface area contributed by atoms with Crippen molar-refractivity contribution in [1.82, 2.24) is 0 Å². The van der Waals surface area contributed by atoms with Crippen LogP contribution in [0.2, 0.25) is 0 Å². The van der Waals surface area contributed by atoms with Gasteiger partial charge in [-0.1, -0.05) is 0 Å². The highest BCUT2D eigenvalue weighted by atomic mass is 16.1. The molecular weight excluding hydrogens is 150 g/mol. The van der Waals surface area contributed by atoms with Gasteiger partial charge in [-0.15, -0.1) is 0 Å². The van der Waals surface area contributed by atoms with Crippen LogP contribution in [0.25, 0.3) is 0 Å². The molecule has 0 radical (unpaired) electrons. The van der Waals surface area contributed by atoms with Gasteiger partial charge >= 0.3 is 0 Å². The van der Waals surface area contributed by atoms with Gasteiger partial charge in [0.2, 0.25) is 0 Å². The van der Waals surface area contributed by atoms with Crippen molar-refractivity contribution in [1.29, 1.82) is 0 Å². The molecule has 0 amide bonds. The topological polar surface area (TPSA) is 20.9 Å². The molecule has 2 nitrogen and oxygen atoms in total. The maximum Gasteiger partial charge on any atom is 0.184 e. The van der Waals surface area contributed by atoms with E-state index in [-0.39, 0.29) is 0 Å². The van der Waals surface area contributed by atoms with Gasteiger partial charge in [-0.05, 0) is 12.8 Å². The maximum absolute atomic E-state index is 10.5. The van der Waals surface area contributed by atoms with Crippen LogP contribution in [0, 0.1) is 0 Å². The Bertz CT molecular complexity index is 316. The van der Waals surface area contributed by atoms with E-state index in [9.17, 15) is 4.79 Å². The minimum atomic E-state index is 0.704. The van der Waals surface area contributed by atoms with Gasteiger partial charge in [0.15, 0.2) is 18.2 Å². The summed E-state index contributed by atoms with van der Waals surface area (Å²) in [5.74, 6) is 0.704. The zero-order valence-corrected chi connectivity index (χ0v) is 7.16. The van der Waals surface area contributed by atoms with Gasteiger partial charge in [-0.25, -0.2) is 4.57 Å². The smallest absolute Gasteiger partial charge is 0.184 e. The molecule has 1 aliphatic carbocycles. The molecule has 0 atom stereocenters. The predicted molar refractivity (Wildman–Crippen MR) is 45.0 cm³/mol. The van der Waals surface area contributed by atoms with E-state index in [1.54, 1.807) is 0 Å². The first kappa shape index (κ1) is 7.47. The minimum absolute atomic E-state index is 0.704. The van der Waals surface area contributed by atoms with Crippen LogP contribution in [0.15, 0.2) is 18.3 Å². The van der Waals surface area contributed by atoms with E-state index in [0.29, 0.717) is 5.92 Å². The number of carbonyl (C=O) groups excluding carboxylic acids is 1. The molecule has 0 saturated heterocycles. The lowest BCUT2D eigenvalue weighted by Crippen LogP contribution is -2.32. The first-order valence-electron chi connectivity index (χ1n) is 4.26. The van der Waals surface area contributed by atoms with E-state index in [4.69, 9.17) is 0 Å². The van der Waals surface area contributed by atoms with Crippen LogP contribution in [-0.4, -0.2) is 6.29 Å². The zero-order valence-electron chi connectivity index (χ0n) is 7.16. The lowest BCUT2D eigenvalue weighted by atomic mass is 10.2. The summed E-state index contributed by atoms with van der Waals surface area (Å²) in [7, 11) is 2.03. The van der Waals surface area contributed by atoms with Crippen molar-refractivity contribution in [2.75, 3.05) is 0 Å². The second kappa shape index (κ2) is 2.70. The molecule has 1 aliphatic rings. The Morgan fingerprint density at radius 2 is 2.33 bits per heavy atom. The highest BCUT2D eigenvalue weighted by molar-refractivity contribution is 5.74. The fraction of sp³-hybridized carbons (Fsp3) is 0.400. The van der Waals surface area contributed by atoms with Gasteiger partial charge in [-0.3, -0.25) is 4.79 Å². The molecule has 1 fully saturated rings. The largest absolute Gasteiger partial charge is 0.298 e. The summed E-state index contributed by atoms with van der Waals surface area (Å²) in [6, 6.07) is 3.84. The van der Waals surface area contributed by atoms with Gasteiger partial charge in [0.25, 0.3) is 0 Å². The normalized spacial score (nSPS) is 16.1. The summed E-state index contributed by atoms with van der Waals surface area (Å²) in [6.07, 6.45) is 5.41. The number of carbonyl (C=O) groups is 1. The van der Waals surface area contributed by atoms with Gasteiger partial charge in [-0.2, -0.15) is 0 Å². The molecule has 0 spiro atoms. The van der Waals surface area contributed by atoms with Crippen LogP contribution in [0.4, 0.5) is 0 Å². The predicted octanol–water partition coefficient (Wildman–Crippen LogP) is 1.20. The maximum atomic E-state index is 10.5. The quantitative estimate of drug-likeness (QED) is 0.473. The minimum Gasteiger partial charge on any atom is -0.298 e. The summed E-state index contributed by atoms with van der Waals surface area (Å²) in [4.78, 5) is 10.5. The van der Waals surface area contributed by atoms with Crippen molar-refractivity contribution in [2.45, 2.75) is 18.8 Å². The molecule has 2 rings (SSSR count). The summed E-state index contributed by atoms with van der Waals surface area (Å²) >= 11 is 0. The Labute approximate surface area is 71.8 Å². The van der Waals surface area contributed by atoms with E-state index in [1.807, 2.05) is 25.4 Å². The number of aldehydes is 1. The second-order valence-corrected chi connectivity index (χ2v) is 3.39. The summed E-state index contributed by atoms with van der Waals surface area (Å²) in [6.45, 7) is 0. The third-order valence-corrected chi connectivity index (χ3v) is 2.34. The van der Waals surface area contributed by atoms with Crippen LogP contribution < -0.4 is 4.57 Å². The highest BCUT2D eigenvalue weighted by Crippen LogP contribution is 2.38. The van der Waals surface area contributed by atoms with Crippen LogP contribution >= 0.6 is 0 Å². The van der Waals surface area contributed by atoms with E-state index in [0.717, 1.165) is 11.8 Å². The Morgan fingerprint density at radius 1 is 1.58 bits per heavy atom. The zero-order chi connectivity index (χ0) is 8.55. The molecule has 0 bridgehead atoms. The fourth-order valence-electron chi connectivity index (χ4n) is 1.46. The SMILES string of the molecule is C[n+]1ccc(C=O)cc1C1CC1. The van der Waals surface area contributed by atoms with E-state index < -0.39 is 0 Å². The third kappa shape index (κ3) is 1.24. The molecule has 1 saturated carbocycles. The fourth-order valence-corrected chi connectivity index (χ4v) is 1.46. The van der Waals surface area contributed by atoms with Gasteiger partial charge in [0, 0.05) is 23.6 Å². The van der Waals surface area contributed by atoms with Crippen molar-refractivity contribution in [3.05, 3.63) is 29.6 Å². The summed E-state index contributed by atoms with van der Waals surface area (Å²) in [5, 5.41) is 0. The van der Waals surface area contributed by atoms with Crippen molar-refractivity contribution >= 4 is 6.29 Å². The number of pyridine rings is 1. The average Bonchev–Trinajstić information content (AvgIpc) is 2.88. The van der Waals surface area contributed by atoms with Crippen LogP contribution in [0.5, 0.6) is 0 Å². The second-order valence-electron chi connectivity index (χ2n) is 3.39. The number of hydrogen-bond acceptors (Lipinski definition) is 1. The highest BCUT2D eigenvalue weighted by Gasteiger charge is 2.30. The molecule has 0 aromatic carbocycles. The molecular formula is C10H12NO+. The average molecular weight is 162 g/mol. The van der Waals surface area contributed by atoms with Crippen molar-refractivity contribution < 1.29 is 9.36 Å². The molecule has 1 heterocycles. The van der Waals surface area contributed by atoms with E-state index in [2.05, 4.69) is 4.57 Å². The Balaban J connectivity index is 2.42. The van der Waals surface area contributed by atoms with Crippen LogP contribution in [-0.2, 0) is 7.05 Å². The number of hydrogen-bond donors (Lipinski definition) is 0. The molecule has 0 N–H and O–H groups in total. The lowest BCUT2D eigenvalue weighted by molar-refractivity contribution is -0.679. The Hall–Kier alpha value is -1.18. The number of nitrogens with zero attached hydrogens (tertiary/aromatic N) is 1. The van der Waals surface area contributed by atoms with Crippen LogP contribution in [0.1, 0.15) is 34.8 Å². The Kier molecular flexibility index (Phi) is 1.68. The van der Waals surface area contributed by atoms with Crippen molar-refractivity contribution in [3.8, 4) is 0 Å². The van der Waals surface area contributed by atoms with Crippen molar-refractivity contribution in [2.24, 2.45) is 7.05 Å². The van der Waals surface area contributed by atoms with Gasteiger partial charge in [0.1, 0.15) is 7.05 Å². The molecule has 62 valence electrons. The number of aryl methyl sites for hydroxylation is 1. The monoisotopic (exact) mass is 162 g/mol. The third-order valence-electron chi connectivity index (χ3n) is 2.34. The molecule has 0 unspecified atom stereocenters. The van der Waals surface area contributed by atoms with Gasteiger partial charge < -0.3 is 0 Å². The van der Waals surface area contributed by atoms with E-state index in [1.165, 1.54) is 18.5 Å². The molecule has 1 aromatic rings. The molecule has 1 aromatic heterocycles. The lowest BCUT2D eigenvalue weighted by Gasteiger charge is -1.96. The number of aromatic nitrogens is 1. The standard InChI is InChI=1S/C10H12NO/c1-11-5-4-8(7-12)6-10(11)9-2-3-9/h4-7,9H,2-3H2,1H3/q+1. The summed E-state index contributed by atoms with van der Waals surface area (Å²) < 4.78 is 2.10. The van der Waals surface area contributed by atoms with E-state index >= 15 is 0 Å². The molecule has 0 aliphatic heterocycles. The van der Waals surface area contributed by atoms with Crippen molar-refractivity contribution in [3.63, 3.8) is 0 Å². The first-order valence-corrected chi connectivity index (χ1v) is 4.26. The molecule has 2 heteroatoms. The Morgan fingerprint density at radius 3 is 2.92 bits per heavy atom. The summed E-state index contributed by atoms with van der Waals surface area (Å²) in [5.41, 5.74) is 2.08. The number of rotatable bonds is 2. The molecule has 12 heavy (non-hydrogen) atoms. The van der Waals surface area contributed by atoms with Gasteiger partial charge in [0.05, 0.1) is 0 Å².